The van der Waals surface area contributed by atoms with E-state index < -0.39 is 5.54 Å². The number of carbonyl (C=O) groups excluding carboxylic acids is 1. The number of likely N-dealkylation sites (tertiary alicyclic amines) is 1. The Balaban J connectivity index is 1.40. The number of aryl methyl sites for hydroxylation is 1. The van der Waals surface area contributed by atoms with Gasteiger partial charge in [0.2, 0.25) is 5.96 Å². The summed E-state index contributed by atoms with van der Waals surface area (Å²) >= 11 is 0. The quantitative estimate of drug-likeness (QED) is 0.682. The zero-order valence-corrected chi connectivity index (χ0v) is 20.8. The summed E-state index contributed by atoms with van der Waals surface area (Å²) in [5.74, 6) is 2.10. The number of ether oxygens (including phenoxy) is 1. The Morgan fingerprint density at radius 1 is 1.12 bits per heavy atom. The smallest absolute Gasteiger partial charge is 0.255 e. The van der Waals surface area contributed by atoms with Gasteiger partial charge < -0.3 is 14.5 Å². The van der Waals surface area contributed by atoms with Crippen LogP contribution in [0.15, 0.2) is 41.5 Å². The number of amides is 1. The minimum absolute atomic E-state index is 0.0160. The van der Waals surface area contributed by atoms with Gasteiger partial charge in [-0.05, 0) is 56.0 Å². The summed E-state index contributed by atoms with van der Waals surface area (Å²) in [6.07, 6.45) is 4.86. The molecule has 8 nitrogen and oxygen atoms in total. The number of nitrogens with zero attached hydrogens (tertiary/aromatic N) is 5. The topological polar surface area (TPSA) is 75.0 Å². The standard InChI is InChI=1S/C26H36N6O2/c1-19(2)17-34-22-7-5-20(6-8-22)15-32(16-21-9-13-31(4)29-21)24-27-23(33)26(28-24)12-14-30(3)18-25(26)10-11-25/h5-9,13,19H,10-12,14-18H2,1-4H3,(H,27,28,33). The third kappa shape index (κ3) is 4.31. The van der Waals surface area contributed by atoms with E-state index in [-0.39, 0.29) is 11.3 Å². The van der Waals surface area contributed by atoms with Crippen molar-refractivity contribution < 1.29 is 9.53 Å². The van der Waals surface area contributed by atoms with Crippen LogP contribution in [-0.4, -0.2) is 63.7 Å². The molecule has 1 aromatic heterocycles. The van der Waals surface area contributed by atoms with Crippen LogP contribution in [-0.2, 0) is 24.9 Å². The summed E-state index contributed by atoms with van der Waals surface area (Å²) in [5, 5.41) is 7.75. The molecule has 1 atom stereocenters. The predicted molar refractivity (Wildman–Crippen MR) is 131 cm³/mol. The van der Waals surface area contributed by atoms with Gasteiger partial charge in [0, 0.05) is 38.3 Å². The Hall–Kier alpha value is -2.87. The minimum atomic E-state index is -0.633. The first-order valence-electron chi connectivity index (χ1n) is 12.3. The van der Waals surface area contributed by atoms with Crippen LogP contribution in [0, 0.1) is 11.3 Å². The van der Waals surface area contributed by atoms with Gasteiger partial charge in [0.25, 0.3) is 5.91 Å². The normalized spacial score (nSPS) is 23.4. The number of aliphatic imine (C=N–C) groups is 1. The maximum absolute atomic E-state index is 13.4. The van der Waals surface area contributed by atoms with Crippen LogP contribution < -0.4 is 10.1 Å². The van der Waals surface area contributed by atoms with Crippen molar-refractivity contribution >= 4 is 11.9 Å². The zero-order chi connectivity index (χ0) is 23.9. The fourth-order valence-corrected chi connectivity index (χ4v) is 5.33. The van der Waals surface area contributed by atoms with Gasteiger partial charge in [-0.3, -0.25) is 14.8 Å². The number of nitrogens with one attached hydrogen (secondary N) is 1. The second kappa shape index (κ2) is 8.73. The van der Waals surface area contributed by atoms with E-state index in [1.807, 2.05) is 31.4 Å². The van der Waals surface area contributed by atoms with E-state index in [0.29, 0.717) is 31.6 Å². The lowest BCUT2D eigenvalue weighted by molar-refractivity contribution is -0.128. The van der Waals surface area contributed by atoms with Crippen LogP contribution in [0.1, 0.15) is 44.4 Å². The predicted octanol–water partition coefficient (Wildman–Crippen LogP) is 2.80. The fourth-order valence-electron chi connectivity index (χ4n) is 5.33. The molecule has 8 heteroatoms. The van der Waals surface area contributed by atoms with Crippen molar-refractivity contribution in [3.05, 3.63) is 47.8 Å². The van der Waals surface area contributed by atoms with Crippen molar-refractivity contribution in [2.24, 2.45) is 23.4 Å². The molecule has 34 heavy (non-hydrogen) atoms. The third-order valence-electron chi connectivity index (χ3n) is 7.36. The van der Waals surface area contributed by atoms with Gasteiger partial charge in [-0.1, -0.05) is 26.0 Å². The highest BCUT2D eigenvalue weighted by molar-refractivity contribution is 6.08. The lowest BCUT2D eigenvalue weighted by atomic mass is 9.75. The summed E-state index contributed by atoms with van der Waals surface area (Å²) in [5.41, 5.74) is 1.43. The summed E-state index contributed by atoms with van der Waals surface area (Å²) in [6, 6.07) is 10.2. The largest absolute Gasteiger partial charge is 0.493 e. The monoisotopic (exact) mass is 464 g/mol. The number of fused-ring (bicyclic) bond motifs is 1. The molecule has 1 saturated carbocycles. The first-order valence-corrected chi connectivity index (χ1v) is 12.3. The molecule has 3 aliphatic rings. The molecule has 1 N–H and O–H groups in total. The highest BCUT2D eigenvalue weighted by atomic mass is 16.5. The Kier molecular flexibility index (Phi) is 5.88. The van der Waals surface area contributed by atoms with Crippen LogP contribution in [0.2, 0.25) is 0 Å². The molecule has 0 bridgehead atoms. The minimum Gasteiger partial charge on any atom is -0.493 e. The molecule has 3 heterocycles. The summed E-state index contributed by atoms with van der Waals surface area (Å²) < 4.78 is 7.65. The molecule has 1 amide bonds. The summed E-state index contributed by atoms with van der Waals surface area (Å²) in [6.45, 7) is 8.02. The maximum atomic E-state index is 13.4. The average Bonchev–Trinajstić information content (AvgIpc) is 3.31. The van der Waals surface area contributed by atoms with Gasteiger partial charge in [-0.15, -0.1) is 0 Å². The highest BCUT2D eigenvalue weighted by Gasteiger charge is 2.67. The molecule has 0 radical (unpaired) electrons. The molecule has 2 spiro atoms. The van der Waals surface area contributed by atoms with Gasteiger partial charge in [0.1, 0.15) is 5.75 Å². The first kappa shape index (κ1) is 22.9. The second-order valence-electron chi connectivity index (χ2n) is 10.7. The van der Waals surface area contributed by atoms with Crippen molar-refractivity contribution in [1.82, 2.24) is 24.9 Å². The zero-order valence-electron chi connectivity index (χ0n) is 20.8. The van der Waals surface area contributed by atoms with Crippen LogP contribution in [0.25, 0.3) is 0 Å². The third-order valence-corrected chi connectivity index (χ3v) is 7.36. The van der Waals surface area contributed by atoms with Gasteiger partial charge >= 0.3 is 0 Å². The van der Waals surface area contributed by atoms with Gasteiger partial charge in [0.05, 0.1) is 18.8 Å². The van der Waals surface area contributed by atoms with Crippen LogP contribution >= 0.6 is 0 Å². The number of guanidine groups is 1. The highest BCUT2D eigenvalue weighted by Crippen LogP contribution is 2.60. The molecule has 2 aromatic rings. The van der Waals surface area contributed by atoms with Crippen molar-refractivity contribution in [3.8, 4) is 5.75 Å². The molecular formula is C26H36N6O2. The van der Waals surface area contributed by atoms with Crippen molar-refractivity contribution in [1.29, 1.82) is 0 Å². The summed E-state index contributed by atoms with van der Waals surface area (Å²) in [4.78, 5) is 23.1. The molecule has 1 aliphatic carbocycles. The van der Waals surface area contributed by atoms with Crippen LogP contribution in [0.4, 0.5) is 0 Å². The van der Waals surface area contributed by atoms with Gasteiger partial charge in [-0.2, -0.15) is 5.10 Å². The SMILES string of the molecule is CC(C)COc1ccc(CN(Cc2ccn(C)n2)C2=NC3(CCN(C)CC34CC4)C(=O)N2)cc1. The van der Waals surface area contributed by atoms with E-state index >= 15 is 0 Å². The van der Waals surface area contributed by atoms with E-state index in [4.69, 9.17) is 9.73 Å². The van der Waals surface area contributed by atoms with Crippen molar-refractivity contribution in [3.63, 3.8) is 0 Å². The van der Waals surface area contributed by atoms with E-state index in [2.05, 4.69) is 53.2 Å². The lowest BCUT2D eigenvalue weighted by Gasteiger charge is -2.41. The van der Waals surface area contributed by atoms with Crippen molar-refractivity contribution in [2.75, 3.05) is 26.7 Å². The van der Waals surface area contributed by atoms with Crippen LogP contribution in [0.5, 0.6) is 5.75 Å². The van der Waals surface area contributed by atoms with E-state index in [1.54, 1.807) is 4.68 Å². The molecular weight excluding hydrogens is 428 g/mol. The molecule has 1 saturated heterocycles. The van der Waals surface area contributed by atoms with Gasteiger partial charge in [0.15, 0.2) is 5.54 Å². The maximum Gasteiger partial charge on any atom is 0.255 e. The molecule has 1 unspecified atom stereocenters. The molecule has 5 rings (SSSR count). The molecule has 182 valence electrons. The number of piperidine rings is 1. The number of rotatable bonds is 7. The Labute approximate surface area is 202 Å². The van der Waals surface area contributed by atoms with Crippen molar-refractivity contribution in [2.45, 2.75) is 51.7 Å². The Morgan fingerprint density at radius 2 is 1.88 bits per heavy atom. The Morgan fingerprint density at radius 3 is 2.53 bits per heavy atom. The molecule has 2 fully saturated rings. The Bertz CT molecular complexity index is 1070. The number of benzene rings is 1. The lowest BCUT2D eigenvalue weighted by Crippen LogP contribution is -2.56. The number of carbonyl (C=O) groups is 1. The van der Waals surface area contributed by atoms with E-state index in [1.165, 1.54) is 0 Å². The second-order valence-corrected chi connectivity index (χ2v) is 10.7. The van der Waals surface area contributed by atoms with E-state index in [9.17, 15) is 4.79 Å². The number of hydrogen-bond acceptors (Lipinski definition) is 6. The van der Waals surface area contributed by atoms with Crippen LogP contribution in [0.3, 0.4) is 0 Å². The number of hydrogen-bond donors (Lipinski definition) is 1. The molecule has 2 aliphatic heterocycles. The van der Waals surface area contributed by atoms with E-state index in [0.717, 1.165) is 49.4 Å². The fraction of sp³-hybridized carbons (Fsp3) is 0.577. The summed E-state index contributed by atoms with van der Waals surface area (Å²) in [7, 11) is 4.06. The average molecular weight is 465 g/mol. The van der Waals surface area contributed by atoms with Gasteiger partial charge in [-0.25, -0.2) is 4.99 Å². The molecule has 1 aromatic carbocycles. The first-order chi connectivity index (χ1) is 16.3. The number of aromatic nitrogens is 2.